The zero-order valence-corrected chi connectivity index (χ0v) is 14.2. The quantitative estimate of drug-likeness (QED) is 0.671. The second-order valence-electron chi connectivity index (χ2n) is 6.39. The van der Waals surface area contributed by atoms with Crippen LogP contribution in [0.5, 0.6) is 0 Å². The van der Waals surface area contributed by atoms with Crippen molar-refractivity contribution in [3.05, 3.63) is 46.5 Å². The van der Waals surface area contributed by atoms with Gasteiger partial charge in [-0.1, -0.05) is 0 Å². The Morgan fingerprint density at radius 1 is 1.38 bits per heavy atom. The molecule has 4 heterocycles. The number of aromatic nitrogens is 6. The first kappa shape index (κ1) is 16.2. The average Bonchev–Trinajstić information content (AvgIpc) is 3.30. The number of aryl methyl sites for hydroxylation is 1. The standard InChI is InChI=1S/C16H18N8O2/c1-22-15(25)6-13(8-18-22)23-5-4-11(9-23)7-17-16(26)12-2-3-14-19-20-21-24(14)10-12/h2-3,6,8,10-11H,4-5,7,9H2,1H3,(H,17,26)/t11-/m1/s1. The Morgan fingerprint density at radius 2 is 2.27 bits per heavy atom. The molecule has 3 aromatic heterocycles. The van der Waals surface area contributed by atoms with Crippen LogP contribution in [0.25, 0.3) is 5.65 Å². The van der Waals surface area contributed by atoms with Gasteiger partial charge < -0.3 is 10.2 Å². The Kier molecular flexibility index (Phi) is 4.07. The maximum atomic E-state index is 12.3. The summed E-state index contributed by atoms with van der Waals surface area (Å²) in [5.74, 6) is 0.163. The van der Waals surface area contributed by atoms with Gasteiger partial charge in [-0.3, -0.25) is 9.59 Å². The van der Waals surface area contributed by atoms with E-state index in [4.69, 9.17) is 0 Å². The molecule has 1 aliphatic heterocycles. The number of amides is 1. The highest BCUT2D eigenvalue weighted by Gasteiger charge is 2.24. The van der Waals surface area contributed by atoms with Crippen molar-refractivity contribution >= 4 is 17.2 Å². The van der Waals surface area contributed by atoms with Crippen LogP contribution in [-0.2, 0) is 7.05 Å². The summed E-state index contributed by atoms with van der Waals surface area (Å²) >= 11 is 0. The predicted octanol–water partition coefficient (Wildman–Crippen LogP) is -0.526. The number of hydrogen-bond acceptors (Lipinski definition) is 7. The van der Waals surface area contributed by atoms with Gasteiger partial charge in [-0.15, -0.1) is 5.10 Å². The van der Waals surface area contributed by atoms with Crippen LogP contribution in [-0.4, -0.2) is 55.4 Å². The van der Waals surface area contributed by atoms with Gasteiger partial charge in [0.05, 0.1) is 17.4 Å². The molecule has 10 heteroatoms. The summed E-state index contributed by atoms with van der Waals surface area (Å²) < 4.78 is 2.77. The second-order valence-corrected chi connectivity index (χ2v) is 6.39. The van der Waals surface area contributed by atoms with Gasteiger partial charge in [0.2, 0.25) is 0 Å². The van der Waals surface area contributed by atoms with Gasteiger partial charge in [-0.05, 0) is 34.9 Å². The number of tetrazole rings is 1. The predicted molar refractivity (Wildman–Crippen MR) is 92.9 cm³/mol. The van der Waals surface area contributed by atoms with Crippen molar-refractivity contribution in [2.24, 2.45) is 13.0 Å². The van der Waals surface area contributed by atoms with Crippen molar-refractivity contribution in [2.45, 2.75) is 6.42 Å². The number of carbonyl (C=O) groups excluding carboxylic acids is 1. The third-order valence-corrected chi connectivity index (χ3v) is 4.61. The van der Waals surface area contributed by atoms with Crippen molar-refractivity contribution in [2.75, 3.05) is 24.5 Å². The highest BCUT2D eigenvalue weighted by Crippen LogP contribution is 2.21. The van der Waals surface area contributed by atoms with E-state index in [9.17, 15) is 9.59 Å². The van der Waals surface area contributed by atoms with E-state index in [1.165, 1.54) is 9.20 Å². The number of nitrogens with zero attached hydrogens (tertiary/aromatic N) is 7. The Hall–Kier alpha value is -3.30. The molecule has 0 radical (unpaired) electrons. The lowest BCUT2D eigenvalue weighted by Crippen LogP contribution is -2.31. The Bertz CT molecular complexity index is 1010. The van der Waals surface area contributed by atoms with Crippen molar-refractivity contribution < 1.29 is 4.79 Å². The minimum Gasteiger partial charge on any atom is -0.370 e. The molecule has 0 spiro atoms. The molecule has 10 nitrogen and oxygen atoms in total. The average molecular weight is 354 g/mol. The lowest BCUT2D eigenvalue weighted by atomic mass is 10.1. The van der Waals surface area contributed by atoms with Crippen LogP contribution in [0.3, 0.4) is 0 Å². The van der Waals surface area contributed by atoms with Gasteiger partial charge in [0.15, 0.2) is 5.65 Å². The van der Waals surface area contributed by atoms with Crippen molar-refractivity contribution in [3.8, 4) is 0 Å². The number of nitrogens with one attached hydrogen (secondary N) is 1. The lowest BCUT2D eigenvalue weighted by Gasteiger charge is -2.18. The summed E-state index contributed by atoms with van der Waals surface area (Å²) in [4.78, 5) is 26.2. The van der Waals surface area contributed by atoms with E-state index < -0.39 is 0 Å². The number of fused-ring (bicyclic) bond motifs is 1. The monoisotopic (exact) mass is 354 g/mol. The summed E-state index contributed by atoms with van der Waals surface area (Å²) in [6.07, 6.45) is 4.25. The SMILES string of the molecule is Cn1ncc(N2CC[C@H](CNC(=O)c3ccc4nnnn4c3)C2)cc1=O. The Labute approximate surface area is 148 Å². The summed E-state index contributed by atoms with van der Waals surface area (Å²) in [5, 5.41) is 18.2. The molecule has 0 unspecified atom stereocenters. The van der Waals surface area contributed by atoms with Crippen molar-refractivity contribution in [1.29, 1.82) is 0 Å². The second kappa shape index (κ2) is 6.54. The number of rotatable bonds is 4. The Morgan fingerprint density at radius 3 is 3.12 bits per heavy atom. The van der Waals surface area contributed by atoms with Crippen molar-refractivity contribution in [3.63, 3.8) is 0 Å². The molecular weight excluding hydrogens is 336 g/mol. The molecule has 0 bridgehead atoms. The lowest BCUT2D eigenvalue weighted by molar-refractivity contribution is 0.0947. The molecule has 1 N–H and O–H groups in total. The molecule has 1 saturated heterocycles. The molecule has 1 fully saturated rings. The third kappa shape index (κ3) is 3.13. The molecule has 1 aliphatic rings. The summed E-state index contributed by atoms with van der Waals surface area (Å²) in [5.41, 5.74) is 1.80. The maximum absolute atomic E-state index is 12.3. The largest absolute Gasteiger partial charge is 0.370 e. The molecule has 0 aliphatic carbocycles. The number of hydrogen-bond donors (Lipinski definition) is 1. The van der Waals surface area contributed by atoms with Crippen LogP contribution in [0.2, 0.25) is 0 Å². The van der Waals surface area contributed by atoms with E-state index >= 15 is 0 Å². The highest BCUT2D eigenvalue weighted by atomic mass is 16.1. The minimum atomic E-state index is -0.156. The molecule has 1 amide bonds. The van der Waals surface area contributed by atoms with Gasteiger partial charge in [0.25, 0.3) is 11.5 Å². The molecule has 3 aromatic rings. The fraction of sp³-hybridized carbons (Fsp3) is 0.375. The van der Waals surface area contributed by atoms with E-state index in [1.807, 2.05) is 0 Å². The van der Waals surface area contributed by atoms with Crippen LogP contribution < -0.4 is 15.8 Å². The van der Waals surface area contributed by atoms with Gasteiger partial charge in [0.1, 0.15) is 0 Å². The first-order chi connectivity index (χ1) is 12.6. The number of anilines is 1. The van der Waals surface area contributed by atoms with Gasteiger partial charge in [-0.25, -0.2) is 4.68 Å². The normalized spacial score (nSPS) is 17.0. The number of carbonyl (C=O) groups is 1. The van der Waals surface area contributed by atoms with E-state index in [2.05, 4.69) is 30.8 Å². The summed E-state index contributed by atoms with van der Waals surface area (Å²) in [7, 11) is 1.63. The summed E-state index contributed by atoms with van der Waals surface area (Å²) in [6, 6.07) is 5.00. The first-order valence-electron chi connectivity index (χ1n) is 8.34. The molecule has 26 heavy (non-hydrogen) atoms. The zero-order chi connectivity index (χ0) is 18.1. The van der Waals surface area contributed by atoms with Crippen LogP contribution >= 0.6 is 0 Å². The minimum absolute atomic E-state index is 0.128. The van der Waals surface area contributed by atoms with Crippen molar-refractivity contribution in [1.82, 2.24) is 35.1 Å². The van der Waals surface area contributed by atoms with Gasteiger partial charge in [0, 0.05) is 38.9 Å². The molecule has 0 saturated carbocycles. The Balaban J connectivity index is 1.35. The van der Waals surface area contributed by atoms with E-state index in [-0.39, 0.29) is 11.5 Å². The maximum Gasteiger partial charge on any atom is 0.268 e. The van der Waals surface area contributed by atoms with Crippen LogP contribution in [0.15, 0.2) is 35.4 Å². The van der Waals surface area contributed by atoms with Gasteiger partial charge >= 0.3 is 0 Å². The van der Waals surface area contributed by atoms with Gasteiger partial charge in [-0.2, -0.15) is 9.61 Å². The van der Waals surface area contributed by atoms with Crippen LogP contribution in [0.1, 0.15) is 16.8 Å². The van der Waals surface area contributed by atoms with Crippen LogP contribution in [0, 0.1) is 5.92 Å². The molecule has 0 aromatic carbocycles. The third-order valence-electron chi connectivity index (χ3n) is 4.61. The van der Waals surface area contributed by atoms with E-state index in [1.54, 1.807) is 37.6 Å². The topological polar surface area (TPSA) is 110 Å². The molecule has 4 rings (SSSR count). The highest BCUT2D eigenvalue weighted by molar-refractivity contribution is 5.94. The molecule has 1 atom stereocenters. The van der Waals surface area contributed by atoms with E-state index in [0.29, 0.717) is 23.7 Å². The van der Waals surface area contributed by atoms with Crippen LogP contribution in [0.4, 0.5) is 5.69 Å². The molecule has 134 valence electrons. The first-order valence-corrected chi connectivity index (χ1v) is 8.34. The zero-order valence-electron chi connectivity index (χ0n) is 14.2. The summed E-state index contributed by atoms with van der Waals surface area (Å²) in [6.45, 7) is 2.19. The van der Waals surface area contributed by atoms with E-state index in [0.717, 1.165) is 25.2 Å². The smallest absolute Gasteiger partial charge is 0.268 e. The fourth-order valence-electron chi connectivity index (χ4n) is 3.08. The number of pyridine rings is 1. The molecular formula is C16H18N8O2. The fourth-order valence-corrected chi connectivity index (χ4v) is 3.08.